The Bertz CT molecular complexity index is 676. The van der Waals surface area contributed by atoms with Crippen molar-refractivity contribution in [2.75, 3.05) is 5.73 Å². The molecule has 0 aliphatic carbocycles. The predicted octanol–water partition coefficient (Wildman–Crippen LogP) is 3.11. The number of carboxylic acids is 1. The molecule has 0 amide bonds. The smallest absolute Gasteiger partial charge is 0.335 e. The average Bonchev–Trinajstić information content (AvgIpc) is 2.57. The van der Waals surface area contributed by atoms with Crippen LogP contribution in [0.25, 0.3) is 11.4 Å². The number of rotatable bonds is 2. The quantitative estimate of drug-likeness (QED) is 0.709. The fourth-order valence-electron chi connectivity index (χ4n) is 1.65. The maximum absolute atomic E-state index is 10.3. The summed E-state index contributed by atoms with van der Waals surface area (Å²) >= 11 is 0. The molecule has 3 N–H and O–H groups in total. The predicted molar refractivity (Wildman–Crippen MR) is 85.3 cm³/mol. The monoisotopic (exact) mass is 293 g/mol. The first-order chi connectivity index (χ1) is 10.7. The molecular weight excluding hydrogens is 278 g/mol. The highest BCUT2D eigenvalue weighted by molar-refractivity contribution is 5.87. The molecule has 0 unspecified atom stereocenters. The lowest BCUT2D eigenvalue weighted by Gasteiger charge is -1.96. The van der Waals surface area contributed by atoms with Crippen LogP contribution in [0.5, 0.6) is 0 Å². The molecule has 0 aliphatic rings. The van der Waals surface area contributed by atoms with Gasteiger partial charge in [0, 0.05) is 18.1 Å². The first kappa shape index (κ1) is 15.2. The van der Waals surface area contributed by atoms with Crippen molar-refractivity contribution in [2.24, 2.45) is 0 Å². The molecule has 22 heavy (non-hydrogen) atoms. The van der Waals surface area contributed by atoms with Crippen molar-refractivity contribution in [3.63, 3.8) is 0 Å². The van der Waals surface area contributed by atoms with Crippen molar-refractivity contribution in [1.29, 1.82) is 0 Å². The Balaban J connectivity index is 0.000000164. The van der Waals surface area contributed by atoms with E-state index in [1.54, 1.807) is 24.5 Å². The summed E-state index contributed by atoms with van der Waals surface area (Å²) in [7, 11) is 0. The maximum Gasteiger partial charge on any atom is 0.335 e. The van der Waals surface area contributed by atoms with E-state index in [9.17, 15) is 4.79 Å². The van der Waals surface area contributed by atoms with Crippen molar-refractivity contribution >= 4 is 11.7 Å². The van der Waals surface area contributed by atoms with Gasteiger partial charge >= 0.3 is 5.97 Å². The van der Waals surface area contributed by atoms with Crippen LogP contribution >= 0.6 is 0 Å². The Morgan fingerprint density at radius 1 is 0.818 bits per heavy atom. The normalized spacial score (nSPS) is 9.45. The Kier molecular flexibility index (Phi) is 5.20. The Morgan fingerprint density at radius 3 is 1.68 bits per heavy atom. The maximum atomic E-state index is 10.3. The third-order valence-electron chi connectivity index (χ3n) is 2.75. The summed E-state index contributed by atoms with van der Waals surface area (Å²) in [6.45, 7) is 0. The van der Waals surface area contributed by atoms with Crippen LogP contribution in [0, 0.1) is 0 Å². The van der Waals surface area contributed by atoms with Gasteiger partial charge in [0.2, 0.25) is 0 Å². The first-order valence-corrected chi connectivity index (χ1v) is 6.58. The van der Waals surface area contributed by atoms with Crippen LogP contribution in [-0.2, 0) is 0 Å². The second kappa shape index (κ2) is 7.54. The van der Waals surface area contributed by atoms with Crippen LogP contribution in [-0.4, -0.2) is 21.0 Å². The second-order valence-corrected chi connectivity index (χ2v) is 4.36. The lowest BCUT2D eigenvalue weighted by atomic mass is 10.2. The van der Waals surface area contributed by atoms with Gasteiger partial charge in [0.25, 0.3) is 0 Å². The van der Waals surface area contributed by atoms with Gasteiger partial charge in [-0.3, -0.25) is 9.97 Å². The highest BCUT2D eigenvalue weighted by Gasteiger charge is 1.98. The van der Waals surface area contributed by atoms with Gasteiger partial charge in [-0.2, -0.15) is 0 Å². The molecule has 0 atom stereocenters. The van der Waals surface area contributed by atoms with Crippen molar-refractivity contribution in [1.82, 2.24) is 9.97 Å². The number of nitrogen functional groups attached to an aromatic ring is 1. The lowest BCUT2D eigenvalue weighted by Crippen LogP contribution is -1.95. The van der Waals surface area contributed by atoms with Crippen molar-refractivity contribution in [3.8, 4) is 11.4 Å². The molecule has 0 bridgehead atoms. The average molecular weight is 293 g/mol. The summed E-state index contributed by atoms with van der Waals surface area (Å²) in [5.41, 5.74) is 8.00. The van der Waals surface area contributed by atoms with E-state index in [2.05, 4.69) is 9.97 Å². The van der Waals surface area contributed by atoms with E-state index in [0.717, 1.165) is 11.4 Å². The zero-order valence-corrected chi connectivity index (χ0v) is 11.8. The number of anilines is 1. The van der Waals surface area contributed by atoms with Gasteiger partial charge in [-0.15, -0.1) is 0 Å². The van der Waals surface area contributed by atoms with Crippen LogP contribution in [0.15, 0.2) is 73.1 Å². The van der Waals surface area contributed by atoms with Gasteiger partial charge in [0.05, 0.1) is 17.0 Å². The molecule has 3 aromatic rings. The highest BCUT2D eigenvalue weighted by atomic mass is 16.4. The van der Waals surface area contributed by atoms with Crippen LogP contribution in [0.4, 0.5) is 5.69 Å². The van der Waals surface area contributed by atoms with Gasteiger partial charge in [-0.05, 0) is 48.5 Å². The number of hydrogen-bond acceptors (Lipinski definition) is 4. The molecule has 5 nitrogen and oxygen atoms in total. The number of hydrogen-bond donors (Lipinski definition) is 2. The fourth-order valence-corrected chi connectivity index (χ4v) is 1.65. The Morgan fingerprint density at radius 2 is 1.32 bits per heavy atom. The summed E-state index contributed by atoms with van der Waals surface area (Å²) in [5, 5.41) is 8.43. The number of carboxylic acid groups (broad SMARTS) is 1. The topological polar surface area (TPSA) is 89.1 Å². The molecule has 0 aliphatic heterocycles. The standard InChI is InChI=1S/C10H8N2.C7H7NO2/c1-3-7-11-9(5-1)10-6-2-4-8-12-10;8-6-3-1-5(2-4-6)7(9)10/h1-8H;1-4H,8H2,(H,9,10). The minimum atomic E-state index is -0.931. The molecule has 110 valence electrons. The summed E-state index contributed by atoms with van der Waals surface area (Å²) < 4.78 is 0. The third-order valence-corrected chi connectivity index (χ3v) is 2.75. The zero-order chi connectivity index (χ0) is 15.8. The van der Waals surface area contributed by atoms with E-state index in [1.165, 1.54) is 12.1 Å². The van der Waals surface area contributed by atoms with Crippen molar-refractivity contribution < 1.29 is 9.90 Å². The Labute approximate surface area is 128 Å². The van der Waals surface area contributed by atoms with E-state index >= 15 is 0 Å². The molecule has 3 rings (SSSR count). The van der Waals surface area contributed by atoms with E-state index in [1.807, 2.05) is 36.4 Å². The van der Waals surface area contributed by atoms with E-state index in [-0.39, 0.29) is 5.56 Å². The number of benzene rings is 1. The highest BCUT2D eigenvalue weighted by Crippen LogP contribution is 2.10. The number of carbonyl (C=O) groups is 1. The van der Waals surface area contributed by atoms with Crippen molar-refractivity contribution in [2.45, 2.75) is 0 Å². The van der Waals surface area contributed by atoms with E-state index in [4.69, 9.17) is 10.8 Å². The summed E-state index contributed by atoms with van der Waals surface area (Å²) in [4.78, 5) is 18.6. The third kappa shape index (κ3) is 4.42. The fraction of sp³-hybridized carbons (Fsp3) is 0. The number of nitrogens with zero attached hydrogens (tertiary/aromatic N) is 2. The minimum Gasteiger partial charge on any atom is -0.478 e. The lowest BCUT2D eigenvalue weighted by molar-refractivity contribution is 0.0697. The molecule has 0 saturated carbocycles. The molecule has 0 fully saturated rings. The minimum absolute atomic E-state index is 0.259. The van der Waals surface area contributed by atoms with Gasteiger partial charge in [0.1, 0.15) is 0 Å². The first-order valence-electron chi connectivity index (χ1n) is 6.58. The second-order valence-electron chi connectivity index (χ2n) is 4.36. The summed E-state index contributed by atoms with van der Waals surface area (Å²) in [6.07, 6.45) is 3.54. The van der Waals surface area contributed by atoms with Crippen molar-refractivity contribution in [3.05, 3.63) is 78.6 Å². The largest absolute Gasteiger partial charge is 0.478 e. The van der Waals surface area contributed by atoms with E-state index < -0.39 is 5.97 Å². The van der Waals surface area contributed by atoms with Gasteiger partial charge in [-0.25, -0.2) is 4.79 Å². The number of aromatic carboxylic acids is 1. The van der Waals surface area contributed by atoms with Crippen LogP contribution < -0.4 is 5.73 Å². The molecule has 0 saturated heterocycles. The molecule has 2 heterocycles. The summed E-state index contributed by atoms with van der Waals surface area (Å²) in [5.74, 6) is -0.931. The number of nitrogens with two attached hydrogens (primary N) is 1. The Hall–Kier alpha value is -3.21. The molecule has 2 aromatic heterocycles. The molecule has 1 aromatic carbocycles. The van der Waals surface area contributed by atoms with Crippen LogP contribution in [0.3, 0.4) is 0 Å². The molecular formula is C17H15N3O2. The van der Waals surface area contributed by atoms with Crippen LogP contribution in [0.2, 0.25) is 0 Å². The van der Waals surface area contributed by atoms with Crippen LogP contribution in [0.1, 0.15) is 10.4 Å². The number of aromatic nitrogens is 2. The molecule has 5 heteroatoms. The zero-order valence-electron chi connectivity index (χ0n) is 11.8. The van der Waals surface area contributed by atoms with Gasteiger partial charge in [-0.1, -0.05) is 12.1 Å². The van der Waals surface area contributed by atoms with Gasteiger partial charge < -0.3 is 10.8 Å². The molecule has 0 radical (unpaired) electrons. The summed E-state index contributed by atoms with van der Waals surface area (Å²) in [6, 6.07) is 17.7. The number of pyridine rings is 2. The molecule has 0 spiro atoms. The SMILES string of the molecule is Nc1ccc(C(=O)O)cc1.c1ccc(-c2ccccn2)nc1. The van der Waals surface area contributed by atoms with Gasteiger partial charge in [0.15, 0.2) is 0 Å². The van der Waals surface area contributed by atoms with E-state index in [0.29, 0.717) is 5.69 Å².